The zero-order chi connectivity index (χ0) is 20.4. The molecular weight excluding hydrogens is 393 g/mol. The van der Waals surface area contributed by atoms with E-state index in [4.69, 9.17) is 16.3 Å². The quantitative estimate of drug-likeness (QED) is 0.615. The van der Waals surface area contributed by atoms with E-state index >= 15 is 0 Å². The van der Waals surface area contributed by atoms with E-state index in [1.54, 1.807) is 29.2 Å². The number of halogens is 2. The summed E-state index contributed by atoms with van der Waals surface area (Å²) in [4.78, 5) is 14.1. The first-order valence-corrected chi connectivity index (χ1v) is 9.65. The Kier molecular flexibility index (Phi) is 5.41. The van der Waals surface area contributed by atoms with Gasteiger partial charge in [-0.15, -0.1) is 0 Å². The van der Waals surface area contributed by atoms with Crippen molar-refractivity contribution in [3.05, 3.63) is 88.2 Å². The largest absolute Gasteiger partial charge is 0.506 e. The molecule has 0 unspecified atom stereocenters. The molecule has 0 aliphatic carbocycles. The fourth-order valence-electron chi connectivity index (χ4n) is 3.55. The third-order valence-electron chi connectivity index (χ3n) is 5.08. The number of hydrogen-bond donors (Lipinski definition) is 1. The number of rotatable bonds is 3. The van der Waals surface area contributed by atoms with E-state index in [0.29, 0.717) is 24.1 Å². The SMILES string of the molecule is O=C(OCc1ccccc1)N1CCc2c(F)ccc(-c3ccc(Cl)c(O)c3)c2C1. The van der Waals surface area contributed by atoms with Crippen molar-refractivity contribution in [2.45, 2.75) is 19.6 Å². The Morgan fingerprint density at radius 1 is 1.10 bits per heavy atom. The molecule has 148 valence electrons. The molecule has 3 aromatic rings. The van der Waals surface area contributed by atoms with Gasteiger partial charge in [0, 0.05) is 13.1 Å². The smallest absolute Gasteiger partial charge is 0.410 e. The molecule has 0 bridgehead atoms. The topological polar surface area (TPSA) is 49.8 Å². The number of phenols is 1. The third kappa shape index (κ3) is 4.05. The van der Waals surface area contributed by atoms with Gasteiger partial charge in [0.2, 0.25) is 0 Å². The number of hydrogen-bond acceptors (Lipinski definition) is 3. The van der Waals surface area contributed by atoms with Crippen LogP contribution in [0.15, 0.2) is 60.7 Å². The fraction of sp³-hybridized carbons (Fsp3) is 0.174. The van der Waals surface area contributed by atoms with Crippen molar-refractivity contribution in [2.75, 3.05) is 6.54 Å². The number of benzene rings is 3. The Balaban J connectivity index is 1.58. The molecule has 4 rings (SSSR count). The summed E-state index contributed by atoms with van der Waals surface area (Å²) in [6.07, 6.45) is -0.0386. The van der Waals surface area contributed by atoms with Crippen LogP contribution < -0.4 is 0 Å². The molecule has 29 heavy (non-hydrogen) atoms. The van der Waals surface area contributed by atoms with Crippen LogP contribution in [-0.2, 0) is 24.3 Å². The molecular formula is C23H19ClFNO3. The standard InChI is InChI=1S/C23H19ClFNO3/c24-20-8-6-16(12-22(20)27)17-7-9-21(25)18-10-11-26(13-19(17)18)23(28)29-14-15-4-2-1-3-5-15/h1-9,12,27H,10-11,13-14H2. The molecule has 0 atom stereocenters. The van der Waals surface area contributed by atoms with Gasteiger partial charge >= 0.3 is 6.09 Å². The summed E-state index contributed by atoms with van der Waals surface area (Å²) in [5.41, 5.74) is 3.68. The predicted molar refractivity (Wildman–Crippen MR) is 109 cm³/mol. The van der Waals surface area contributed by atoms with E-state index in [-0.39, 0.29) is 29.7 Å². The molecule has 1 N–H and O–H groups in total. The average Bonchev–Trinajstić information content (AvgIpc) is 2.75. The summed E-state index contributed by atoms with van der Waals surface area (Å²) in [6.45, 7) is 0.802. The van der Waals surface area contributed by atoms with E-state index in [1.165, 1.54) is 6.07 Å². The molecule has 1 heterocycles. The maximum Gasteiger partial charge on any atom is 0.410 e. The number of phenolic OH excluding ortho intramolecular Hbond substituents is 1. The molecule has 1 aliphatic heterocycles. The second kappa shape index (κ2) is 8.13. The number of fused-ring (bicyclic) bond motifs is 1. The highest BCUT2D eigenvalue weighted by Crippen LogP contribution is 2.35. The highest BCUT2D eigenvalue weighted by molar-refractivity contribution is 6.32. The van der Waals surface area contributed by atoms with Gasteiger partial charge in [-0.25, -0.2) is 9.18 Å². The number of aromatic hydroxyl groups is 1. The first-order valence-electron chi connectivity index (χ1n) is 9.27. The van der Waals surface area contributed by atoms with Crippen molar-refractivity contribution >= 4 is 17.7 Å². The van der Waals surface area contributed by atoms with Crippen LogP contribution in [0.2, 0.25) is 5.02 Å². The van der Waals surface area contributed by atoms with E-state index in [9.17, 15) is 14.3 Å². The molecule has 3 aromatic carbocycles. The minimum absolute atomic E-state index is 0.0443. The number of nitrogens with zero attached hydrogens (tertiary/aromatic N) is 1. The molecule has 6 heteroatoms. The summed E-state index contributed by atoms with van der Waals surface area (Å²) in [7, 11) is 0. The fourth-order valence-corrected chi connectivity index (χ4v) is 3.67. The average molecular weight is 412 g/mol. The van der Waals surface area contributed by atoms with Crippen molar-refractivity contribution in [1.82, 2.24) is 4.90 Å². The van der Waals surface area contributed by atoms with E-state index in [2.05, 4.69) is 0 Å². The lowest BCUT2D eigenvalue weighted by molar-refractivity contribution is 0.0917. The summed E-state index contributed by atoms with van der Waals surface area (Å²) < 4.78 is 19.8. The van der Waals surface area contributed by atoms with Crippen molar-refractivity contribution < 1.29 is 19.0 Å². The highest BCUT2D eigenvalue weighted by atomic mass is 35.5. The number of ether oxygens (including phenoxy) is 1. The highest BCUT2D eigenvalue weighted by Gasteiger charge is 2.26. The lowest BCUT2D eigenvalue weighted by atomic mass is 9.91. The Morgan fingerprint density at radius 2 is 1.90 bits per heavy atom. The second-order valence-electron chi connectivity index (χ2n) is 6.93. The Morgan fingerprint density at radius 3 is 2.66 bits per heavy atom. The molecule has 0 radical (unpaired) electrons. The van der Waals surface area contributed by atoms with Gasteiger partial charge < -0.3 is 14.7 Å². The molecule has 0 aromatic heterocycles. The first-order chi connectivity index (χ1) is 14.0. The van der Waals surface area contributed by atoms with E-state index in [1.807, 2.05) is 30.3 Å². The van der Waals surface area contributed by atoms with Gasteiger partial charge in [0.1, 0.15) is 18.2 Å². The first kappa shape index (κ1) is 19.3. The maximum atomic E-state index is 14.4. The predicted octanol–water partition coefficient (Wildman–Crippen LogP) is 5.55. The molecule has 0 spiro atoms. The minimum Gasteiger partial charge on any atom is -0.506 e. The van der Waals surface area contributed by atoms with Gasteiger partial charge in [-0.2, -0.15) is 0 Å². The molecule has 0 saturated carbocycles. The Labute approximate surface area is 173 Å². The third-order valence-corrected chi connectivity index (χ3v) is 5.39. The van der Waals surface area contributed by atoms with Gasteiger partial charge in [-0.05, 0) is 52.4 Å². The normalized spacial score (nSPS) is 13.1. The summed E-state index contributed by atoms with van der Waals surface area (Å²) in [5, 5.41) is 10.2. The minimum atomic E-state index is -0.436. The van der Waals surface area contributed by atoms with Crippen LogP contribution >= 0.6 is 11.6 Å². The van der Waals surface area contributed by atoms with Crippen molar-refractivity contribution in [1.29, 1.82) is 0 Å². The van der Waals surface area contributed by atoms with Crippen LogP contribution in [0.5, 0.6) is 5.75 Å². The van der Waals surface area contributed by atoms with Crippen LogP contribution in [0.25, 0.3) is 11.1 Å². The van der Waals surface area contributed by atoms with Crippen LogP contribution in [0.3, 0.4) is 0 Å². The molecule has 0 saturated heterocycles. The van der Waals surface area contributed by atoms with Crippen LogP contribution in [0.4, 0.5) is 9.18 Å². The van der Waals surface area contributed by atoms with Crippen LogP contribution in [-0.4, -0.2) is 22.6 Å². The lowest BCUT2D eigenvalue weighted by Crippen LogP contribution is -2.37. The second-order valence-corrected chi connectivity index (χ2v) is 7.34. The Bertz CT molecular complexity index is 1060. The zero-order valence-electron chi connectivity index (χ0n) is 15.6. The van der Waals surface area contributed by atoms with Crippen LogP contribution in [0, 0.1) is 5.82 Å². The monoisotopic (exact) mass is 411 g/mol. The number of carbonyl (C=O) groups excluding carboxylic acids is 1. The number of carbonyl (C=O) groups is 1. The summed E-state index contributed by atoms with van der Waals surface area (Å²) in [5.74, 6) is -0.337. The summed E-state index contributed by atoms with van der Waals surface area (Å²) >= 11 is 5.91. The molecule has 4 nitrogen and oxygen atoms in total. The summed E-state index contributed by atoms with van der Waals surface area (Å²) in [6, 6.07) is 17.4. The van der Waals surface area contributed by atoms with E-state index < -0.39 is 6.09 Å². The Hall–Kier alpha value is -3.05. The van der Waals surface area contributed by atoms with Gasteiger partial charge in [0.15, 0.2) is 0 Å². The maximum absolute atomic E-state index is 14.4. The molecule has 0 fully saturated rings. The molecule has 1 amide bonds. The van der Waals surface area contributed by atoms with Crippen molar-refractivity contribution in [3.8, 4) is 16.9 Å². The van der Waals surface area contributed by atoms with Gasteiger partial charge in [0.05, 0.1) is 5.02 Å². The number of amides is 1. The zero-order valence-corrected chi connectivity index (χ0v) is 16.3. The van der Waals surface area contributed by atoms with E-state index in [0.717, 1.165) is 16.7 Å². The van der Waals surface area contributed by atoms with Gasteiger partial charge in [-0.1, -0.05) is 54.1 Å². The van der Waals surface area contributed by atoms with Crippen LogP contribution in [0.1, 0.15) is 16.7 Å². The van der Waals surface area contributed by atoms with Gasteiger partial charge in [-0.3, -0.25) is 0 Å². The van der Waals surface area contributed by atoms with Gasteiger partial charge in [0.25, 0.3) is 0 Å². The lowest BCUT2D eigenvalue weighted by Gasteiger charge is -2.30. The van der Waals surface area contributed by atoms with Crippen molar-refractivity contribution in [2.24, 2.45) is 0 Å². The molecule has 1 aliphatic rings. The van der Waals surface area contributed by atoms with Crippen molar-refractivity contribution in [3.63, 3.8) is 0 Å².